The first-order valence-electron chi connectivity index (χ1n) is 6.43. The second-order valence-electron chi connectivity index (χ2n) is 5.04. The number of anilines is 1. The van der Waals surface area contributed by atoms with Crippen molar-refractivity contribution >= 4 is 17.6 Å². The molecule has 1 aromatic rings. The van der Waals surface area contributed by atoms with Crippen LogP contribution in [0.2, 0.25) is 0 Å². The zero-order valence-corrected chi connectivity index (χ0v) is 12.3. The minimum atomic E-state index is 0.255. The van der Waals surface area contributed by atoms with Crippen LogP contribution < -0.4 is 4.90 Å². The summed E-state index contributed by atoms with van der Waals surface area (Å²) in [5.41, 5.74) is 0. The number of ether oxygens (including phenoxy) is 1. The summed E-state index contributed by atoms with van der Waals surface area (Å²) in [5, 5.41) is 1.58. The topological polar surface area (TPSA) is 38.2 Å². The fourth-order valence-electron chi connectivity index (χ4n) is 2.17. The van der Waals surface area contributed by atoms with E-state index in [0.717, 1.165) is 23.9 Å². The van der Waals surface area contributed by atoms with Gasteiger partial charge in [0.25, 0.3) is 0 Å². The van der Waals surface area contributed by atoms with Crippen molar-refractivity contribution in [2.75, 3.05) is 18.0 Å². The molecule has 1 fully saturated rings. The van der Waals surface area contributed by atoms with Crippen molar-refractivity contribution in [1.29, 1.82) is 0 Å². The highest BCUT2D eigenvalue weighted by atomic mass is 32.2. The minimum Gasteiger partial charge on any atom is -0.372 e. The highest BCUT2D eigenvalue weighted by molar-refractivity contribution is 7.99. The Labute approximate surface area is 113 Å². The van der Waals surface area contributed by atoms with E-state index in [0.29, 0.717) is 5.25 Å². The third kappa shape index (κ3) is 3.59. The summed E-state index contributed by atoms with van der Waals surface area (Å²) >= 11 is 1.77. The number of aromatic nitrogens is 2. The van der Waals surface area contributed by atoms with Gasteiger partial charge in [0, 0.05) is 24.4 Å². The molecule has 1 aliphatic rings. The van der Waals surface area contributed by atoms with Crippen molar-refractivity contribution in [2.45, 2.75) is 50.2 Å². The largest absolute Gasteiger partial charge is 0.372 e. The molecule has 0 N–H and O–H groups in total. The Balaban J connectivity index is 2.12. The minimum absolute atomic E-state index is 0.255. The summed E-state index contributed by atoms with van der Waals surface area (Å²) in [6, 6.07) is 2.08. The van der Waals surface area contributed by atoms with Gasteiger partial charge in [0.15, 0.2) is 0 Å². The van der Waals surface area contributed by atoms with Crippen LogP contribution in [0.1, 0.15) is 27.7 Å². The van der Waals surface area contributed by atoms with Crippen LogP contribution in [0.5, 0.6) is 0 Å². The Kier molecular flexibility index (Phi) is 4.45. The normalized spacial score (nSPS) is 24.6. The molecule has 0 aliphatic carbocycles. The molecule has 2 heterocycles. The van der Waals surface area contributed by atoms with E-state index in [-0.39, 0.29) is 12.2 Å². The molecule has 100 valence electrons. The maximum Gasteiger partial charge on any atom is 0.133 e. The molecule has 1 saturated heterocycles. The molecule has 2 rings (SSSR count). The van der Waals surface area contributed by atoms with Gasteiger partial charge in [0.2, 0.25) is 0 Å². The lowest BCUT2D eigenvalue weighted by molar-refractivity contribution is -0.00548. The molecule has 0 radical (unpaired) electrons. The average molecular weight is 267 g/mol. The molecule has 0 spiro atoms. The maximum atomic E-state index is 5.74. The summed E-state index contributed by atoms with van der Waals surface area (Å²) in [4.78, 5) is 11.0. The van der Waals surface area contributed by atoms with E-state index < -0.39 is 0 Å². The first-order valence-corrected chi connectivity index (χ1v) is 7.31. The van der Waals surface area contributed by atoms with Crippen LogP contribution in [0.3, 0.4) is 0 Å². The summed E-state index contributed by atoms with van der Waals surface area (Å²) in [5.74, 6) is 1.01. The lowest BCUT2D eigenvalue weighted by Gasteiger charge is -2.36. The van der Waals surface area contributed by atoms with Crippen LogP contribution in [-0.2, 0) is 4.74 Å². The quantitative estimate of drug-likeness (QED) is 0.621. The SMILES string of the molecule is CC1CN(c2cc(SC(C)C)ncn2)CC(C)O1. The molecule has 0 amide bonds. The Bertz CT molecular complexity index is 390. The van der Waals surface area contributed by atoms with E-state index in [9.17, 15) is 0 Å². The fraction of sp³-hybridized carbons (Fsp3) is 0.692. The lowest BCUT2D eigenvalue weighted by atomic mass is 10.2. The molecule has 18 heavy (non-hydrogen) atoms. The van der Waals surface area contributed by atoms with Crippen molar-refractivity contribution in [3.8, 4) is 0 Å². The van der Waals surface area contributed by atoms with Gasteiger partial charge in [-0.15, -0.1) is 11.8 Å². The predicted octanol–water partition coefficient (Wildman–Crippen LogP) is 2.59. The predicted molar refractivity (Wildman–Crippen MR) is 75.2 cm³/mol. The highest BCUT2D eigenvalue weighted by Gasteiger charge is 2.23. The van der Waals surface area contributed by atoms with Gasteiger partial charge in [0.1, 0.15) is 17.2 Å². The number of rotatable bonds is 3. The molecule has 0 saturated carbocycles. The Morgan fingerprint density at radius 3 is 2.56 bits per heavy atom. The van der Waals surface area contributed by atoms with Gasteiger partial charge in [0.05, 0.1) is 12.2 Å². The smallest absolute Gasteiger partial charge is 0.133 e. The Morgan fingerprint density at radius 2 is 1.94 bits per heavy atom. The molecule has 1 aromatic heterocycles. The molecule has 5 heteroatoms. The van der Waals surface area contributed by atoms with Gasteiger partial charge in [-0.05, 0) is 13.8 Å². The molecule has 2 atom stereocenters. The zero-order chi connectivity index (χ0) is 13.1. The summed E-state index contributed by atoms with van der Waals surface area (Å²) in [6.07, 6.45) is 2.17. The third-order valence-electron chi connectivity index (χ3n) is 2.73. The molecule has 1 aliphatic heterocycles. The average Bonchev–Trinajstić information content (AvgIpc) is 2.27. The monoisotopic (exact) mass is 267 g/mol. The van der Waals surface area contributed by atoms with Gasteiger partial charge in [-0.2, -0.15) is 0 Å². The van der Waals surface area contributed by atoms with E-state index in [2.05, 4.69) is 48.6 Å². The third-order valence-corrected chi connectivity index (χ3v) is 3.66. The van der Waals surface area contributed by atoms with Crippen LogP contribution in [0, 0.1) is 0 Å². The van der Waals surface area contributed by atoms with Crippen LogP contribution in [0.4, 0.5) is 5.82 Å². The summed E-state index contributed by atoms with van der Waals surface area (Å²) in [7, 11) is 0. The maximum absolute atomic E-state index is 5.74. The number of hydrogen-bond acceptors (Lipinski definition) is 5. The molecule has 4 nitrogen and oxygen atoms in total. The van der Waals surface area contributed by atoms with E-state index in [4.69, 9.17) is 4.74 Å². The van der Waals surface area contributed by atoms with E-state index in [1.165, 1.54) is 0 Å². The van der Waals surface area contributed by atoms with Gasteiger partial charge in [-0.25, -0.2) is 9.97 Å². The van der Waals surface area contributed by atoms with Gasteiger partial charge < -0.3 is 9.64 Å². The van der Waals surface area contributed by atoms with Crippen molar-refractivity contribution in [3.63, 3.8) is 0 Å². The van der Waals surface area contributed by atoms with Crippen molar-refractivity contribution in [1.82, 2.24) is 9.97 Å². The Morgan fingerprint density at radius 1 is 1.28 bits per heavy atom. The first-order chi connectivity index (χ1) is 8.54. The molecular weight excluding hydrogens is 246 g/mol. The number of hydrogen-bond donors (Lipinski definition) is 0. The molecule has 2 unspecified atom stereocenters. The fourth-order valence-corrected chi connectivity index (χ4v) is 2.94. The summed E-state index contributed by atoms with van der Waals surface area (Å²) < 4.78 is 5.74. The second kappa shape index (κ2) is 5.89. The number of morpholine rings is 1. The number of nitrogens with zero attached hydrogens (tertiary/aromatic N) is 3. The lowest BCUT2D eigenvalue weighted by Crippen LogP contribution is -2.45. The van der Waals surface area contributed by atoms with Crippen molar-refractivity contribution < 1.29 is 4.74 Å². The van der Waals surface area contributed by atoms with Gasteiger partial charge in [-0.1, -0.05) is 13.8 Å². The van der Waals surface area contributed by atoms with Crippen LogP contribution in [-0.4, -0.2) is 40.5 Å². The van der Waals surface area contributed by atoms with E-state index in [1.807, 2.05) is 0 Å². The summed E-state index contributed by atoms with van der Waals surface area (Å²) in [6.45, 7) is 10.3. The van der Waals surface area contributed by atoms with Crippen LogP contribution >= 0.6 is 11.8 Å². The van der Waals surface area contributed by atoms with Gasteiger partial charge >= 0.3 is 0 Å². The second-order valence-corrected chi connectivity index (χ2v) is 6.64. The standard InChI is InChI=1S/C13H21N3OS/c1-9(2)18-13-5-12(14-8-15-13)16-6-10(3)17-11(4)7-16/h5,8-11H,6-7H2,1-4H3. The van der Waals surface area contributed by atoms with E-state index in [1.54, 1.807) is 18.1 Å². The zero-order valence-electron chi connectivity index (χ0n) is 11.5. The molecule has 0 aromatic carbocycles. The highest BCUT2D eigenvalue weighted by Crippen LogP contribution is 2.25. The van der Waals surface area contributed by atoms with E-state index >= 15 is 0 Å². The van der Waals surface area contributed by atoms with Crippen molar-refractivity contribution in [3.05, 3.63) is 12.4 Å². The Hall–Kier alpha value is -0.810. The van der Waals surface area contributed by atoms with Gasteiger partial charge in [-0.3, -0.25) is 0 Å². The molecular formula is C13H21N3OS. The van der Waals surface area contributed by atoms with Crippen LogP contribution in [0.25, 0.3) is 0 Å². The first kappa shape index (κ1) is 13.6. The number of thioether (sulfide) groups is 1. The van der Waals surface area contributed by atoms with Crippen LogP contribution in [0.15, 0.2) is 17.4 Å². The van der Waals surface area contributed by atoms with Crippen molar-refractivity contribution in [2.24, 2.45) is 0 Å². The molecule has 0 bridgehead atoms.